The van der Waals surface area contributed by atoms with Crippen molar-refractivity contribution in [3.63, 3.8) is 0 Å². The predicted molar refractivity (Wildman–Crippen MR) is 65.8 cm³/mol. The summed E-state index contributed by atoms with van der Waals surface area (Å²) in [5, 5.41) is 12.3. The van der Waals surface area contributed by atoms with E-state index in [0.717, 1.165) is 0 Å². The van der Waals surface area contributed by atoms with Gasteiger partial charge < -0.3 is 20.1 Å². The van der Waals surface area contributed by atoms with Gasteiger partial charge in [0.1, 0.15) is 0 Å². The lowest BCUT2D eigenvalue weighted by Gasteiger charge is -2.42. The van der Waals surface area contributed by atoms with E-state index in [0.29, 0.717) is 25.7 Å². The second kappa shape index (κ2) is 5.80. The minimum Gasteiger partial charge on any atom is -0.394 e. The molecule has 5 nitrogen and oxygen atoms in total. The van der Waals surface area contributed by atoms with Crippen LogP contribution in [0.15, 0.2) is 0 Å². The summed E-state index contributed by atoms with van der Waals surface area (Å²) >= 11 is 0. The van der Waals surface area contributed by atoms with Crippen molar-refractivity contribution in [3.05, 3.63) is 0 Å². The summed E-state index contributed by atoms with van der Waals surface area (Å²) in [5.74, 6) is 0.0634. The smallest absolute Gasteiger partial charge is 0.236 e. The number of carbonyl (C=O) groups excluding carboxylic acids is 1. The maximum atomic E-state index is 12.0. The van der Waals surface area contributed by atoms with E-state index in [-0.39, 0.29) is 24.2 Å². The van der Waals surface area contributed by atoms with Crippen LogP contribution in [0.2, 0.25) is 0 Å². The maximum Gasteiger partial charge on any atom is 0.236 e. The van der Waals surface area contributed by atoms with Gasteiger partial charge in [-0.3, -0.25) is 4.79 Å². The van der Waals surface area contributed by atoms with Crippen molar-refractivity contribution in [1.82, 2.24) is 10.2 Å². The molecule has 1 unspecified atom stereocenters. The molecule has 0 aromatic heterocycles. The number of amides is 1. The van der Waals surface area contributed by atoms with Gasteiger partial charge in [0.15, 0.2) is 0 Å². The van der Waals surface area contributed by atoms with Gasteiger partial charge in [-0.2, -0.15) is 0 Å². The number of carbonyl (C=O) groups is 1. The van der Waals surface area contributed by atoms with E-state index in [9.17, 15) is 4.79 Å². The lowest BCUT2D eigenvalue weighted by molar-refractivity contribution is -0.166. The standard InChI is InChI=1S/C12H24N2O3/c1-9(2)13-5-11(16)14-6-10(7-15)17-12(3,4)8-14/h9-10,13,15H,5-8H2,1-4H3. The number of nitrogens with one attached hydrogen (secondary N) is 1. The summed E-state index contributed by atoms with van der Waals surface area (Å²) in [6.07, 6.45) is -0.276. The topological polar surface area (TPSA) is 61.8 Å². The normalized spacial score (nSPS) is 24.1. The van der Waals surface area contributed by atoms with Crippen LogP contribution in [-0.2, 0) is 9.53 Å². The Morgan fingerprint density at radius 3 is 2.76 bits per heavy atom. The molecule has 0 spiro atoms. The minimum atomic E-state index is -0.390. The lowest BCUT2D eigenvalue weighted by Crippen LogP contribution is -2.57. The number of aliphatic hydroxyl groups excluding tert-OH is 1. The van der Waals surface area contributed by atoms with Gasteiger partial charge in [0.2, 0.25) is 5.91 Å². The SMILES string of the molecule is CC(C)NCC(=O)N1CC(CO)OC(C)(C)C1. The molecule has 1 rings (SSSR count). The van der Waals surface area contributed by atoms with E-state index in [1.807, 2.05) is 27.7 Å². The number of hydrogen-bond donors (Lipinski definition) is 2. The molecule has 17 heavy (non-hydrogen) atoms. The zero-order valence-corrected chi connectivity index (χ0v) is 11.2. The van der Waals surface area contributed by atoms with Crippen molar-refractivity contribution in [2.45, 2.75) is 45.4 Å². The maximum absolute atomic E-state index is 12.0. The number of nitrogens with zero attached hydrogens (tertiary/aromatic N) is 1. The second-order valence-electron chi connectivity index (χ2n) is 5.49. The Bertz CT molecular complexity index is 266. The third-order valence-corrected chi connectivity index (χ3v) is 2.70. The largest absolute Gasteiger partial charge is 0.394 e. The van der Waals surface area contributed by atoms with Gasteiger partial charge in [-0.15, -0.1) is 0 Å². The van der Waals surface area contributed by atoms with Crippen LogP contribution in [0.1, 0.15) is 27.7 Å². The summed E-state index contributed by atoms with van der Waals surface area (Å²) < 4.78 is 5.66. The van der Waals surface area contributed by atoms with Crippen LogP contribution in [0.5, 0.6) is 0 Å². The number of ether oxygens (including phenoxy) is 1. The molecule has 0 radical (unpaired) electrons. The van der Waals surface area contributed by atoms with Gasteiger partial charge in [0.25, 0.3) is 0 Å². The van der Waals surface area contributed by atoms with Crippen LogP contribution in [0.3, 0.4) is 0 Å². The van der Waals surface area contributed by atoms with Crippen molar-refractivity contribution >= 4 is 5.91 Å². The molecular weight excluding hydrogens is 220 g/mol. The van der Waals surface area contributed by atoms with Crippen molar-refractivity contribution in [1.29, 1.82) is 0 Å². The Morgan fingerprint density at radius 2 is 2.24 bits per heavy atom. The summed E-state index contributed by atoms with van der Waals surface area (Å²) in [5.41, 5.74) is -0.390. The van der Waals surface area contributed by atoms with Crippen LogP contribution in [0.25, 0.3) is 0 Å². The third-order valence-electron chi connectivity index (χ3n) is 2.70. The molecule has 0 saturated carbocycles. The van der Waals surface area contributed by atoms with Gasteiger partial charge in [-0.05, 0) is 13.8 Å². The summed E-state index contributed by atoms with van der Waals surface area (Å²) in [6.45, 7) is 9.22. The van der Waals surface area contributed by atoms with Gasteiger partial charge >= 0.3 is 0 Å². The molecule has 0 bridgehead atoms. The molecule has 0 aromatic carbocycles. The molecule has 0 aliphatic carbocycles. The Balaban J connectivity index is 2.54. The molecule has 1 heterocycles. The summed E-state index contributed by atoms with van der Waals surface area (Å²) in [7, 11) is 0. The number of aliphatic hydroxyl groups is 1. The van der Waals surface area contributed by atoms with E-state index >= 15 is 0 Å². The minimum absolute atomic E-state index is 0.0508. The number of rotatable bonds is 4. The van der Waals surface area contributed by atoms with E-state index < -0.39 is 0 Å². The van der Waals surface area contributed by atoms with E-state index in [4.69, 9.17) is 9.84 Å². The highest BCUT2D eigenvalue weighted by Gasteiger charge is 2.34. The fourth-order valence-corrected chi connectivity index (χ4v) is 1.98. The number of hydrogen-bond acceptors (Lipinski definition) is 4. The van der Waals surface area contributed by atoms with Crippen LogP contribution < -0.4 is 5.32 Å². The molecule has 1 amide bonds. The van der Waals surface area contributed by atoms with Gasteiger partial charge in [0.05, 0.1) is 24.9 Å². The van der Waals surface area contributed by atoms with E-state index in [2.05, 4.69) is 5.32 Å². The van der Waals surface area contributed by atoms with Gasteiger partial charge in [-0.1, -0.05) is 13.8 Å². The van der Waals surface area contributed by atoms with Crippen LogP contribution >= 0.6 is 0 Å². The van der Waals surface area contributed by atoms with Crippen molar-refractivity contribution in [2.24, 2.45) is 0 Å². The molecule has 1 saturated heterocycles. The fraction of sp³-hybridized carbons (Fsp3) is 0.917. The fourth-order valence-electron chi connectivity index (χ4n) is 1.98. The molecular formula is C12H24N2O3. The lowest BCUT2D eigenvalue weighted by atomic mass is 10.1. The second-order valence-corrected chi connectivity index (χ2v) is 5.49. The quantitative estimate of drug-likeness (QED) is 0.730. The van der Waals surface area contributed by atoms with Crippen LogP contribution in [0.4, 0.5) is 0 Å². The van der Waals surface area contributed by atoms with Crippen LogP contribution in [-0.4, -0.2) is 59.9 Å². The highest BCUT2D eigenvalue weighted by molar-refractivity contribution is 5.78. The first-order chi connectivity index (χ1) is 7.84. The predicted octanol–water partition coefficient (Wildman–Crippen LogP) is -0.0173. The van der Waals surface area contributed by atoms with E-state index in [1.54, 1.807) is 4.90 Å². The molecule has 1 aliphatic heterocycles. The Labute approximate surface area is 103 Å². The molecule has 0 aromatic rings. The van der Waals surface area contributed by atoms with Crippen LogP contribution in [0, 0.1) is 0 Å². The Hall–Kier alpha value is -0.650. The summed E-state index contributed by atoms with van der Waals surface area (Å²) in [4.78, 5) is 13.7. The Kier molecular flexibility index (Phi) is 4.91. The van der Waals surface area contributed by atoms with Crippen molar-refractivity contribution < 1.29 is 14.6 Å². The monoisotopic (exact) mass is 244 g/mol. The first kappa shape index (κ1) is 14.4. The highest BCUT2D eigenvalue weighted by Crippen LogP contribution is 2.20. The third kappa shape index (κ3) is 4.61. The average molecular weight is 244 g/mol. The zero-order valence-electron chi connectivity index (χ0n) is 11.2. The van der Waals surface area contributed by atoms with Gasteiger partial charge in [-0.25, -0.2) is 0 Å². The molecule has 100 valence electrons. The van der Waals surface area contributed by atoms with Crippen molar-refractivity contribution in [3.8, 4) is 0 Å². The van der Waals surface area contributed by atoms with Crippen molar-refractivity contribution in [2.75, 3.05) is 26.2 Å². The van der Waals surface area contributed by atoms with E-state index in [1.165, 1.54) is 0 Å². The highest BCUT2D eigenvalue weighted by atomic mass is 16.5. The molecule has 1 aliphatic rings. The molecule has 5 heteroatoms. The average Bonchev–Trinajstić information content (AvgIpc) is 2.23. The molecule has 1 atom stereocenters. The zero-order chi connectivity index (χ0) is 13.1. The number of morpholine rings is 1. The van der Waals surface area contributed by atoms with Gasteiger partial charge in [0, 0.05) is 19.1 Å². The molecule has 2 N–H and O–H groups in total. The first-order valence-electron chi connectivity index (χ1n) is 6.14. The summed E-state index contributed by atoms with van der Waals surface area (Å²) in [6, 6.07) is 0.293. The first-order valence-corrected chi connectivity index (χ1v) is 6.14. The Morgan fingerprint density at radius 1 is 1.59 bits per heavy atom. The molecule has 1 fully saturated rings.